The molecule has 180 valence electrons. The molecule has 7 nitrogen and oxygen atoms in total. The van der Waals surface area contributed by atoms with Crippen molar-refractivity contribution in [2.45, 2.75) is 103 Å². The Kier molecular flexibility index (Phi) is 9.88. The van der Waals surface area contributed by atoms with Crippen LogP contribution in [0, 0.1) is 11.8 Å². The minimum absolute atomic E-state index is 0.0295. The highest BCUT2D eigenvalue weighted by Crippen LogP contribution is 2.29. The average molecular weight is 465 g/mol. The van der Waals surface area contributed by atoms with E-state index in [2.05, 4.69) is 34.6 Å². The van der Waals surface area contributed by atoms with Crippen LogP contribution in [-0.2, 0) is 14.4 Å². The van der Waals surface area contributed by atoms with Gasteiger partial charge in [0.2, 0.25) is 11.7 Å². The van der Waals surface area contributed by atoms with Gasteiger partial charge in [-0.05, 0) is 44.9 Å². The molecule has 3 aliphatic rings. The number of hydrogen-bond donors (Lipinski definition) is 2. The number of nitrogens with one attached hydrogen (secondary N) is 2. The summed E-state index contributed by atoms with van der Waals surface area (Å²) in [7, 11) is 0. The predicted octanol–water partition coefficient (Wildman–Crippen LogP) is 3.83. The Bertz CT molecular complexity index is 685. The maximum Gasteiger partial charge on any atom is 0.309 e. The smallest absolute Gasteiger partial charge is 0.309 e. The predicted molar refractivity (Wildman–Crippen MR) is 129 cm³/mol. The van der Waals surface area contributed by atoms with Crippen LogP contribution in [-0.4, -0.2) is 52.0 Å². The summed E-state index contributed by atoms with van der Waals surface area (Å²) >= 11 is 1.61. The lowest BCUT2D eigenvalue weighted by Crippen LogP contribution is -2.52. The number of nitrogens with zero attached hydrogens (tertiary/aromatic N) is 2. The molecular weight excluding hydrogens is 424 g/mol. The van der Waals surface area contributed by atoms with E-state index in [0.717, 1.165) is 81.7 Å². The second-order valence-electron chi connectivity index (χ2n) is 9.43. The molecule has 0 bridgehead atoms. The van der Waals surface area contributed by atoms with Gasteiger partial charge in [-0.3, -0.25) is 14.4 Å². The lowest BCUT2D eigenvalue weighted by atomic mass is 9.81. The number of carbonyl (C=O) groups is 3. The molecule has 2 aliphatic carbocycles. The van der Waals surface area contributed by atoms with Gasteiger partial charge in [0.15, 0.2) is 5.17 Å². The van der Waals surface area contributed by atoms with Crippen molar-refractivity contribution in [2.75, 3.05) is 12.3 Å². The van der Waals surface area contributed by atoms with Crippen LogP contribution >= 0.6 is 11.8 Å². The van der Waals surface area contributed by atoms with Crippen LogP contribution < -0.4 is 10.7 Å². The number of thioether (sulfide) groups is 1. The third kappa shape index (κ3) is 6.49. The van der Waals surface area contributed by atoms with Crippen molar-refractivity contribution in [3.8, 4) is 0 Å². The van der Waals surface area contributed by atoms with Gasteiger partial charge in [0, 0.05) is 24.3 Å². The van der Waals surface area contributed by atoms with Gasteiger partial charge in [-0.2, -0.15) is 0 Å². The van der Waals surface area contributed by atoms with Crippen molar-refractivity contribution in [2.24, 2.45) is 16.9 Å². The zero-order valence-corrected chi connectivity index (χ0v) is 20.6. The molecule has 0 spiro atoms. The van der Waals surface area contributed by atoms with E-state index >= 15 is 0 Å². The van der Waals surface area contributed by atoms with Crippen molar-refractivity contribution in [1.82, 2.24) is 15.6 Å². The fraction of sp³-hybridized carbons (Fsp3) is 0.833. The average Bonchev–Trinajstić information content (AvgIpc) is 3.02. The first-order valence-corrected chi connectivity index (χ1v) is 13.6. The number of ketones is 1. The van der Waals surface area contributed by atoms with Crippen LogP contribution in [0.5, 0.6) is 0 Å². The van der Waals surface area contributed by atoms with Gasteiger partial charge in [-0.15, -0.1) is 5.10 Å². The van der Waals surface area contributed by atoms with E-state index in [-0.39, 0.29) is 17.7 Å². The molecule has 2 atom stereocenters. The van der Waals surface area contributed by atoms with Crippen LogP contribution in [0.3, 0.4) is 0 Å². The van der Waals surface area contributed by atoms with Crippen LogP contribution in [0.4, 0.5) is 0 Å². The Morgan fingerprint density at radius 3 is 2.25 bits per heavy atom. The molecule has 2 saturated carbocycles. The summed E-state index contributed by atoms with van der Waals surface area (Å²) < 4.78 is 0. The van der Waals surface area contributed by atoms with Crippen molar-refractivity contribution in [3.05, 3.63) is 0 Å². The molecule has 2 N–H and O–H groups in total. The van der Waals surface area contributed by atoms with E-state index < -0.39 is 17.7 Å². The minimum Gasteiger partial charge on any atom is -0.346 e. The molecule has 1 unspecified atom stereocenters. The first-order valence-electron chi connectivity index (χ1n) is 12.7. The van der Waals surface area contributed by atoms with Crippen molar-refractivity contribution in [1.29, 1.82) is 0 Å². The van der Waals surface area contributed by atoms with Crippen molar-refractivity contribution < 1.29 is 14.4 Å². The fourth-order valence-corrected chi connectivity index (χ4v) is 6.61. The highest BCUT2D eigenvalue weighted by Gasteiger charge is 2.36. The molecule has 8 heteroatoms. The number of amidine groups is 1. The maximum atomic E-state index is 13.2. The Morgan fingerprint density at radius 2 is 1.62 bits per heavy atom. The first kappa shape index (κ1) is 25.1. The zero-order chi connectivity index (χ0) is 22.9. The van der Waals surface area contributed by atoms with Gasteiger partial charge in [0.05, 0.1) is 0 Å². The van der Waals surface area contributed by atoms with Gasteiger partial charge in [-0.1, -0.05) is 63.6 Å². The topological polar surface area (TPSA) is 90.9 Å². The van der Waals surface area contributed by atoms with E-state index in [1.807, 2.05) is 0 Å². The number of hydrogen-bond acceptors (Lipinski definition) is 5. The van der Waals surface area contributed by atoms with Gasteiger partial charge in [-0.25, -0.2) is 5.43 Å². The molecule has 3 fully saturated rings. The number of hydrazone groups is 1. The Hall–Kier alpha value is -1.57. The van der Waals surface area contributed by atoms with Gasteiger partial charge >= 0.3 is 5.91 Å². The van der Waals surface area contributed by atoms with Crippen LogP contribution in [0.1, 0.15) is 90.9 Å². The summed E-state index contributed by atoms with van der Waals surface area (Å²) in [6.07, 6.45) is 12.2. The SMILES string of the molecule is CC[C@@H]1CS/C(=N\NC(=O)C(=O)C(NC(=O)C2CCCCCC2)C2CCCCC2)N1CC. The van der Waals surface area contributed by atoms with E-state index in [9.17, 15) is 14.4 Å². The van der Waals surface area contributed by atoms with Crippen molar-refractivity contribution >= 4 is 34.5 Å². The van der Waals surface area contributed by atoms with Crippen LogP contribution in [0.2, 0.25) is 0 Å². The van der Waals surface area contributed by atoms with E-state index in [1.54, 1.807) is 11.8 Å². The monoisotopic (exact) mass is 464 g/mol. The van der Waals surface area contributed by atoms with Gasteiger partial charge in [0.1, 0.15) is 6.04 Å². The fourth-order valence-electron chi connectivity index (χ4n) is 5.30. The van der Waals surface area contributed by atoms with Crippen molar-refractivity contribution in [3.63, 3.8) is 0 Å². The highest BCUT2D eigenvalue weighted by atomic mass is 32.2. The Labute approximate surface area is 196 Å². The number of amides is 2. The second-order valence-corrected chi connectivity index (χ2v) is 10.4. The molecule has 32 heavy (non-hydrogen) atoms. The van der Waals surface area contributed by atoms with E-state index in [0.29, 0.717) is 6.04 Å². The Morgan fingerprint density at radius 1 is 1.00 bits per heavy atom. The first-order chi connectivity index (χ1) is 15.5. The summed E-state index contributed by atoms with van der Waals surface area (Å²) in [6.45, 7) is 5.03. The Balaban J connectivity index is 1.66. The lowest BCUT2D eigenvalue weighted by Gasteiger charge is -2.30. The molecule has 0 aromatic carbocycles. The molecule has 2 amide bonds. The third-order valence-electron chi connectivity index (χ3n) is 7.31. The number of rotatable bonds is 8. The van der Waals surface area contributed by atoms with Gasteiger partial charge < -0.3 is 10.2 Å². The second kappa shape index (κ2) is 12.6. The number of carbonyl (C=O) groups excluding carboxylic acids is 3. The third-order valence-corrected chi connectivity index (χ3v) is 8.44. The van der Waals surface area contributed by atoms with Crippen LogP contribution in [0.15, 0.2) is 5.10 Å². The normalized spacial score (nSPS) is 25.4. The summed E-state index contributed by atoms with van der Waals surface area (Å²) in [6, 6.07) is -0.335. The lowest BCUT2D eigenvalue weighted by molar-refractivity contribution is -0.141. The van der Waals surface area contributed by atoms with Crippen LogP contribution in [0.25, 0.3) is 0 Å². The molecule has 0 radical (unpaired) electrons. The summed E-state index contributed by atoms with van der Waals surface area (Å²) in [5.41, 5.74) is 2.50. The molecule has 1 heterocycles. The molecule has 3 rings (SSSR count). The summed E-state index contributed by atoms with van der Waals surface area (Å²) in [4.78, 5) is 41.2. The highest BCUT2D eigenvalue weighted by molar-refractivity contribution is 8.14. The molecule has 1 aliphatic heterocycles. The molecule has 0 aromatic heterocycles. The molecule has 1 saturated heterocycles. The standard InChI is InChI=1S/C24H40N4O3S/c1-3-19-16-32-24(28(19)4-2)27-26-23(31)21(29)20(17-12-10-7-11-13-17)25-22(30)18-14-8-5-6-9-15-18/h17-20H,3-16H2,1-2H3,(H,25,30)(H,26,31)/b27-24-/t19-,20?/m1/s1. The number of Topliss-reactive ketones (excluding diaryl/α,β-unsaturated/α-hetero) is 1. The summed E-state index contributed by atoms with van der Waals surface area (Å²) in [5.74, 6) is -0.397. The molecular formula is C24H40N4O3S. The summed E-state index contributed by atoms with van der Waals surface area (Å²) in [5, 5.41) is 8.05. The maximum absolute atomic E-state index is 13.2. The van der Waals surface area contributed by atoms with E-state index in [1.165, 1.54) is 12.8 Å². The quantitative estimate of drug-likeness (QED) is 0.324. The minimum atomic E-state index is -0.742. The van der Waals surface area contributed by atoms with E-state index in [4.69, 9.17) is 0 Å². The largest absolute Gasteiger partial charge is 0.346 e. The zero-order valence-electron chi connectivity index (χ0n) is 19.7. The molecule has 0 aromatic rings. The van der Waals surface area contributed by atoms with Gasteiger partial charge in [0.25, 0.3) is 0 Å².